The summed E-state index contributed by atoms with van der Waals surface area (Å²) < 4.78 is 1.17. The van der Waals surface area contributed by atoms with Gasteiger partial charge in [-0.05, 0) is 25.1 Å². The van der Waals surface area contributed by atoms with Crippen molar-refractivity contribution >= 4 is 15.9 Å². The summed E-state index contributed by atoms with van der Waals surface area (Å²) in [5, 5.41) is 8.46. The molecule has 0 aromatic heterocycles. The summed E-state index contributed by atoms with van der Waals surface area (Å²) in [6, 6.07) is 10.4. The summed E-state index contributed by atoms with van der Waals surface area (Å²) in [5.74, 6) is 0. The first-order chi connectivity index (χ1) is 7.24. The third kappa shape index (κ3) is 4.46. The van der Waals surface area contributed by atoms with Crippen molar-refractivity contribution in [2.75, 3.05) is 20.1 Å². The Balaban J connectivity index is 2.37. The Morgan fingerprint density at radius 1 is 1.33 bits per heavy atom. The third-order valence-electron chi connectivity index (χ3n) is 2.33. The van der Waals surface area contributed by atoms with Crippen molar-refractivity contribution in [2.45, 2.75) is 12.8 Å². The minimum atomic E-state index is 0.604. The maximum Gasteiger partial charge on any atom is 0.0635 e. The molecule has 0 aliphatic carbocycles. The predicted molar refractivity (Wildman–Crippen MR) is 65.6 cm³/mol. The second-order valence-corrected chi connectivity index (χ2v) is 4.41. The molecule has 0 N–H and O–H groups in total. The first-order valence-electron chi connectivity index (χ1n) is 5.03. The first-order valence-corrected chi connectivity index (χ1v) is 5.82. The van der Waals surface area contributed by atoms with Gasteiger partial charge in [0.05, 0.1) is 6.07 Å². The number of halogens is 1. The molecule has 1 aromatic carbocycles. The smallest absolute Gasteiger partial charge is 0.0635 e. The molecule has 0 unspecified atom stereocenters. The van der Waals surface area contributed by atoms with E-state index in [-0.39, 0.29) is 0 Å². The lowest BCUT2D eigenvalue weighted by molar-refractivity contribution is 0.346. The Morgan fingerprint density at radius 3 is 2.73 bits per heavy atom. The fraction of sp³-hybridized carbons (Fsp3) is 0.417. The van der Waals surface area contributed by atoms with Gasteiger partial charge in [-0.3, -0.25) is 0 Å². The molecule has 0 aliphatic heterocycles. The highest BCUT2D eigenvalue weighted by atomic mass is 79.9. The number of likely N-dealkylation sites (N-methyl/N-ethyl adjacent to an activating group) is 1. The topological polar surface area (TPSA) is 27.0 Å². The summed E-state index contributed by atoms with van der Waals surface area (Å²) in [5.41, 5.74) is 1.32. The molecule has 0 saturated carbocycles. The molecule has 0 amide bonds. The largest absolute Gasteiger partial charge is 0.305 e. The van der Waals surface area contributed by atoms with E-state index in [1.807, 2.05) is 13.1 Å². The van der Waals surface area contributed by atoms with Crippen LogP contribution in [0.25, 0.3) is 0 Å². The van der Waals surface area contributed by atoms with Crippen LogP contribution in [0.3, 0.4) is 0 Å². The second-order valence-electron chi connectivity index (χ2n) is 3.55. The lowest BCUT2D eigenvalue weighted by atomic mass is 10.1. The quantitative estimate of drug-likeness (QED) is 0.820. The highest BCUT2D eigenvalue weighted by Gasteiger charge is 2.01. The van der Waals surface area contributed by atoms with Gasteiger partial charge in [-0.1, -0.05) is 34.1 Å². The van der Waals surface area contributed by atoms with Gasteiger partial charge in [-0.25, -0.2) is 0 Å². The minimum Gasteiger partial charge on any atom is -0.305 e. The van der Waals surface area contributed by atoms with Gasteiger partial charge >= 0.3 is 0 Å². The van der Waals surface area contributed by atoms with Gasteiger partial charge in [-0.15, -0.1) is 0 Å². The molecular formula is C12H15BrN2. The zero-order valence-electron chi connectivity index (χ0n) is 8.91. The van der Waals surface area contributed by atoms with E-state index in [0.29, 0.717) is 6.42 Å². The Labute approximate surface area is 99.6 Å². The molecule has 80 valence electrons. The van der Waals surface area contributed by atoms with Crippen molar-refractivity contribution in [3.63, 3.8) is 0 Å². The molecular weight excluding hydrogens is 252 g/mol. The highest BCUT2D eigenvalue weighted by molar-refractivity contribution is 9.10. The van der Waals surface area contributed by atoms with Crippen molar-refractivity contribution in [2.24, 2.45) is 0 Å². The second kappa shape index (κ2) is 6.60. The maximum atomic E-state index is 8.46. The summed E-state index contributed by atoms with van der Waals surface area (Å²) >= 11 is 3.53. The Kier molecular flexibility index (Phi) is 5.38. The standard InChI is InChI=1S/C12H15BrN2/c1-15(9-4-8-14)10-7-11-5-2-3-6-12(11)13/h2-3,5-6H,4,7,9-10H2,1H3. The van der Waals surface area contributed by atoms with Crippen LogP contribution >= 0.6 is 15.9 Å². The van der Waals surface area contributed by atoms with Crippen LogP contribution in [-0.2, 0) is 6.42 Å². The molecule has 0 heterocycles. The fourth-order valence-electron chi connectivity index (χ4n) is 1.37. The van der Waals surface area contributed by atoms with Crippen LogP contribution in [-0.4, -0.2) is 25.0 Å². The number of nitrogens with zero attached hydrogens (tertiary/aromatic N) is 2. The molecule has 0 aliphatic rings. The molecule has 1 rings (SSSR count). The highest BCUT2D eigenvalue weighted by Crippen LogP contribution is 2.16. The van der Waals surface area contributed by atoms with Gasteiger partial charge in [0.15, 0.2) is 0 Å². The number of hydrogen-bond acceptors (Lipinski definition) is 2. The summed E-state index contributed by atoms with van der Waals surface area (Å²) in [6.45, 7) is 1.84. The Bertz CT molecular complexity index is 344. The minimum absolute atomic E-state index is 0.604. The third-order valence-corrected chi connectivity index (χ3v) is 3.10. The van der Waals surface area contributed by atoms with Crippen molar-refractivity contribution < 1.29 is 0 Å². The fourth-order valence-corrected chi connectivity index (χ4v) is 1.85. The average Bonchev–Trinajstić information content (AvgIpc) is 2.25. The Hall–Kier alpha value is -0.850. The van der Waals surface area contributed by atoms with Gasteiger partial charge in [0.2, 0.25) is 0 Å². The van der Waals surface area contributed by atoms with Gasteiger partial charge < -0.3 is 4.90 Å². The van der Waals surface area contributed by atoms with Crippen molar-refractivity contribution in [1.29, 1.82) is 5.26 Å². The molecule has 0 radical (unpaired) electrons. The van der Waals surface area contributed by atoms with E-state index in [0.717, 1.165) is 19.5 Å². The van der Waals surface area contributed by atoms with Crippen LogP contribution in [0.2, 0.25) is 0 Å². The SMILES string of the molecule is CN(CCC#N)CCc1ccccc1Br. The molecule has 15 heavy (non-hydrogen) atoms. The van der Waals surface area contributed by atoms with E-state index in [4.69, 9.17) is 5.26 Å². The van der Waals surface area contributed by atoms with E-state index < -0.39 is 0 Å². The van der Waals surface area contributed by atoms with Gasteiger partial charge in [0.1, 0.15) is 0 Å². The van der Waals surface area contributed by atoms with E-state index in [9.17, 15) is 0 Å². The van der Waals surface area contributed by atoms with Crippen molar-refractivity contribution in [3.05, 3.63) is 34.3 Å². The lowest BCUT2D eigenvalue weighted by Gasteiger charge is -2.14. The normalized spacial score (nSPS) is 10.3. The van der Waals surface area contributed by atoms with Gasteiger partial charge in [-0.2, -0.15) is 5.26 Å². The summed E-state index contributed by atoms with van der Waals surface area (Å²) in [6.07, 6.45) is 1.62. The molecule has 0 spiro atoms. The number of rotatable bonds is 5. The Morgan fingerprint density at radius 2 is 2.07 bits per heavy atom. The molecule has 0 saturated heterocycles. The van der Waals surface area contributed by atoms with Crippen LogP contribution < -0.4 is 0 Å². The molecule has 0 fully saturated rings. The van der Waals surface area contributed by atoms with Crippen molar-refractivity contribution in [1.82, 2.24) is 4.90 Å². The molecule has 2 nitrogen and oxygen atoms in total. The van der Waals surface area contributed by atoms with E-state index >= 15 is 0 Å². The van der Waals surface area contributed by atoms with E-state index in [1.54, 1.807) is 0 Å². The van der Waals surface area contributed by atoms with Gasteiger partial charge in [0.25, 0.3) is 0 Å². The van der Waals surface area contributed by atoms with Crippen molar-refractivity contribution in [3.8, 4) is 6.07 Å². The molecule has 0 atom stereocenters. The van der Waals surface area contributed by atoms with Crippen LogP contribution in [0.15, 0.2) is 28.7 Å². The first kappa shape index (κ1) is 12.2. The maximum absolute atomic E-state index is 8.46. The van der Waals surface area contributed by atoms with Crippen LogP contribution in [0.5, 0.6) is 0 Å². The summed E-state index contributed by atoms with van der Waals surface area (Å²) in [7, 11) is 2.05. The summed E-state index contributed by atoms with van der Waals surface area (Å²) in [4.78, 5) is 2.18. The predicted octanol–water partition coefficient (Wildman–Crippen LogP) is 2.84. The van der Waals surface area contributed by atoms with Gasteiger partial charge in [0, 0.05) is 24.0 Å². The average molecular weight is 267 g/mol. The molecule has 0 bridgehead atoms. The number of benzene rings is 1. The van der Waals surface area contributed by atoms with E-state index in [2.05, 4.69) is 45.1 Å². The van der Waals surface area contributed by atoms with E-state index in [1.165, 1.54) is 10.0 Å². The van der Waals surface area contributed by atoms with Crippen LogP contribution in [0.4, 0.5) is 0 Å². The zero-order valence-corrected chi connectivity index (χ0v) is 10.5. The lowest BCUT2D eigenvalue weighted by Crippen LogP contribution is -2.22. The number of hydrogen-bond donors (Lipinski definition) is 0. The molecule has 3 heteroatoms. The van der Waals surface area contributed by atoms with Crippen LogP contribution in [0.1, 0.15) is 12.0 Å². The zero-order chi connectivity index (χ0) is 11.1. The monoisotopic (exact) mass is 266 g/mol. The number of nitriles is 1. The molecule has 1 aromatic rings. The van der Waals surface area contributed by atoms with Crippen LogP contribution in [0, 0.1) is 11.3 Å².